The van der Waals surface area contributed by atoms with E-state index in [0.29, 0.717) is 6.42 Å². The van der Waals surface area contributed by atoms with Gasteiger partial charge in [0.2, 0.25) is 0 Å². The molecule has 0 aromatic rings. The molecule has 0 unspecified atom stereocenters. The Balaban J connectivity index is 1.79. The number of hydrogen-bond acceptors (Lipinski definition) is 13. The van der Waals surface area contributed by atoms with Gasteiger partial charge >= 0.3 is 11.9 Å². The van der Waals surface area contributed by atoms with Crippen LogP contribution < -0.4 is 5.73 Å². The van der Waals surface area contributed by atoms with Gasteiger partial charge in [-0.3, -0.25) is 9.59 Å². The molecule has 0 bridgehead atoms. The van der Waals surface area contributed by atoms with Crippen molar-refractivity contribution in [1.29, 1.82) is 0 Å². The van der Waals surface area contributed by atoms with Crippen LogP contribution >= 0.6 is 0 Å². The van der Waals surface area contributed by atoms with Gasteiger partial charge in [-0.25, -0.2) is 4.79 Å². The van der Waals surface area contributed by atoms with Crippen LogP contribution in [0.4, 0.5) is 0 Å². The predicted molar refractivity (Wildman–Crippen MR) is 166 cm³/mol. The molecule has 0 amide bonds. The molecule has 3 rings (SSSR count). The Morgan fingerprint density at radius 1 is 0.872 bits per heavy atom. The molecule has 0 radical (unpaired) electrons. The van der Waals surface area contributed by atoms with Crippen molar-refractivity contribution >= 4 is 17.7 Å². The molecule has 13 atom stereocenters. The summed E-state index contributed by atoms with van der Waals surface area (Å²) in [5.74, 6) is -4.54. The summed E-state index contributed by atoms with van der Waals surface area (Å²) in [6.07, 6.45) is 3.57. The molecule has 2 fully saturated rings. The third kappa shape index (κ3) is 12.5. The minimum atomic E-state index is -1.80. The lowest BCUT2D eigenvalue weighted by molar-refractivity contribution is -0.277. The summed E-state index contributed by atoms with van der Waals surface area (Å²) in [7, 11) is 0. The summed E-state index contributed by atoms with van der Waals surface area (Å²) in [4.78, 5) is 36.9. The molecule has 0 aromatic carbocycles. The van der Waals surface area contributed by atoms with Crippen molar-refractivity contribution in [2.24, 2.45) is 11.7 Å². The molecule has 0 spiro atoms. The molecule has 14 heteroatoms. The fourth-order valence-electron chi connectivity index (χ4n) is 5.33. The molecule has 3 aliphatic rings. The number of nitrogens with two attached hydrogens (primary N) is 1. The maximum atomic E-state index is 12.6. The molecule has 2 saturated heterocycles. The molecule has 262 valence electrons. The summed E-state index contributed by atoms with van der Waals surface area (Å²) < 4.78 is 22.2. The van der Waals surface area contributed by atoms with Gasteiger partial charge in [0, 0.05) is 38.2 Å². The third-order valence-electron chi connectivity index (χ3n) is 8.05. The van der Waals surface area contributed by atoms with E-state index in [1.165, 1.54) is 25.2 Å². The number of ketones is 1. The number of aliphatic hydroxyl groups is 5. The largest absolute Gasteiger partial charge is 0.481 e. The SMILES string of the molecule is C[C@@H]1C/C=C/C=C/C=C/C=C/[C@H](O[C@@H]2O[C@H](C)[C@H](O)[C@H](N)[C@@H]2O)C[C@H](O)[C@H](C(=O)O)[C@H](O)CC(=O)C[C@H](O)C[C@@H]2O[C@@H]2/C=C/C(=O)O1. The van der Waals surface area contributed by atoms with Gasteiger partial charge in [0.05, 0.1) is 48.8 Å². The van der Waals surface area contributed by atoms with Crippen molar-refractivity contribution < 1.29 is 64.0 Å². The van der Waals surface area contributed by atoms with Crippen molar-refractivity contribution in [3.8, 4) is 0 Å². The Labute approximate surface area is 273 Å². The molecule has 3 heterocycles. The highest BCUT2D eigenvalue weighted by Gasteiger charge is 2.43. The summed E-state index contributed by atoms with van der Waals surface area (Å²) in [5.41, 5.74) is 5.91. The molecular weight excluding hydrogens is 618 g/mol. The Morgan fingerprint density at radius 3 is 2.26 bits per heavy atom. The van der Waals surface area contributed by atoms with Crippen LogP contribution in [0.15, 0.2) is 60.8 Å². The molecule has 14 nitrogen and oxygen atoms in total. The number of epoxide rings is 1. The highest BCUT2D eigenvalue weighted by atomic mass is 16.7. The van der Waals surface area contributed by atoms with E-state index in [4.69, 9.17) is 24.7 Å². The first-order chi connectivity index (χ1) is 22.3. The first kappa shape index (κ1) is 38.4. The number of carbonyl (C=O) groups is 3. The van der Waals surface area contributed by atoms with Crippen molar-refractivity contribution in [2.45, 2.75) is 119 Å². The van der Waals surface area contributed by atoms with Crippen LogP contribution in [0, 0.1) is 5.92 Å². The van der Waals surface area contributed by atoms with E-state index < -0.39 is 97.3 Å². The number of esters is 1. The van der Waals surface area contributed by atoms with Crippen LogP contribution in [0.25, 0.3) is 0 Å². The smallest absolute Gasteiger partial charge is 0.330 e. The lowest BCUT2D eigenvalue weighted by Crippen LogP contribution is -2.61. The fourth-order valence-corrected chi connectivity index (χ4v) is 5.33. The summed E-state index contributed by atoms with van der Waals surface area (Å²) in [6.45, 7) is 3.29. The normalized spacial score (nSPS) is 43.4. The van der Waals surface area contributed by atoms with Crippen molar-refractivity contribution in [3.63, 3.8) is 0 Å². The predicted octanol–water partition coefficient (Wildman–Crippen LogP) is -0.0377. The Hall–Kier alpha value is -3.05. The van der Waals surface area contributed by atoms with Crippen LogP contribution in [0.5, 0.6) is 0 Å². The van der Waals surface area contributed by atoms with E-state index in [9.17, 15) is 45.0 Å². The first-order valence-corrected chi connectivity index (χ1v) is 15.7. The van der Waals surface area contributed by atoms with Crippen molar-refractivity contribution in [2.75, 3.05) is 0 Å². The second kappa shape index (κ2) is 18.5. The lowest BCUT2D eigenvalue weighted by Gasteiger charge is -2.41. The number of Topliss-reactive ketones (excluding diaryl/α,β-unsaturated/α-hetero) is 1. The molecule has 0 saturated carbocycles. The average Bonchev–Trinajstić information content (AvgIpc) is 3.72. The van der Waals surface area contributed by atoms with E-state index in [1.807, 2.05) is 6.08 Å². The van der Waals surface area contributed by atoms with Gasteiger partial charge in [0.1, 0.15) is 30.0 Å². The van der Waals surface area contributed by atoms with Gasteiger partial charge in [0.25, 0.3) is 0 Å². The summed E-state index contributed by atoms with van der Waals surface area (Å²) >= 11 is 0. The van der Waals surface area contributed by atoms with E-state index in [2.05, 4.69) is 0 Å². The Kier molecular flexibility index (Phi) is 15.1. The van der Waals surface area contributed by atoms with Crippen LogP contribution in [0.1, 0.15) is 46.0 Å². The summed E-state index contributed by atoms with van der Waals surface area (Å²) in [5, 5.41) is 62.6. The van der Waals surface area contributed by atoms with E-state index in [0.717, 1.165) is 0 Å². The van der Waals surface area contributed by atoms with E-state index in [-0.39, 0.29) is 25.4 Å². The minimum absolute atomic E-state index is 0.0692. The molecule has 0 aromatic heterocycles. The Bertz CT molecular complexity index is 1200. The number of fused-ring (bicyclic) bond motifs is 1. The number of rotatable bonds is 3. The number of ether oxygens (including phenoxy) is 4. The number of aliphatic hydroxyl groups excluding tert-OH is 5. The van der Waals surface area contributed by atoms with Gasteiger partial charge in [-0.2, -0.15) is 0 Å². The van der Waals surface area contributed by atoms with Gasteiger partial charge in [-0.15, -0.1) is 0 Å². The van der Waals surface area contributed by atoms with Crippen LogP contribution in [-0.4, -0.2) is 122 Å². The monoisotopic (exact) mass is 665 g/mol. The average molecular weight is 666 g/mol. The van der Waals surface area contributed by atoms with Gasteiger partial charge < -0.3 is 55.3 Å². The third-order valence-corrected chi connectivity index (χ3v) is 8.05. The maximum Gasteiger partial charge on any atom is 0.330 e. The van der Waals surface area contributed by atoms with Gasteiger partial charge in [0.15, 0.2) is 6.29 Å². The molecule has 3 aliphatic heterocycles. The maximum absolute atomic E-state index is 12.6. The fraction of sp³-hybridized carbons (Fsp3) is 0.606. The van der Waals surface area contributed by atoms with Crippen LogP contribution in [0.3, 0.4) is 0 Å². The zero-order valence-electron chi connectivity index (χ0n) is 26.4. The van der Waals surface area contributed by atoms with Crippen LogP contribution in [0.2, 0.25) is 0 Å². The number of carboxylic acids is 1. The zero-order valence-corrected chi connectivity index (χ0v) is 26.4. The van der Waals surface area contributed by atoms with Crippen molar-refractivity contribution in [1.82, 2.24) is 0 Å². The number of allylic oxidation sites excluding steroid dienone is 6. The molecule has 0 aliphatic carbocycles. The van der Waals surface area contributed by atoms with E-state index in [1.54, 1.807) is 43.4 Å². The van der Waals surface area contributed by atoms with Crippen molar-refractivity contribution in [3.05, 3.63) is 60.8 Å². The van der Waals surface area contributed by atoms with Gasteiger partial charge in [-0.05, 0) is 19.9 Å². The number of cyclic esters (lactones) is 1. The standard InChI is InChI=1S/C33H47NO13/c1-18-10-8-6-4-3-5-7-9-11-22(46-33-31(41)29(34)30(40)19(2)45-33)17-24(38)28(32(42)43)23(37)15-20(35)14-21(36)16-26-25(47-26)12-13-27(39)44-18/h3-9,11-13,18-19,21-26,28-31,33,36-38,40-41H,10,14-17,34H2,1-2H3,(H,42,43)/b4-3+,7-5+,8-6+,11-9+,13-12+/t18-,19-,21+,22+,23-,24+,25-,26+,28-,29+,30+,31+,33+/m1/s1. The number of hydrogen-bond donors (Lipinski definition) is 7. The van der Waals surface area contributed by atoms with Crippen LogP contribution in [-0.2, 0) is 33.3 Å². The summed E-state index contributed by atoms with van der Waals surface area (Å²) in [6, 6.07) is -1.10. The lowest BCUT2D eigenvalue weighted by atomic mass is 9.88. The highest BCUT2D eigenvalue weighted by molar-refractivity contribution is 5.82. The second-order valence-corrected chi connectivity index (χ2v) is 12.1. The second-order valence-electron chi connectivity index (χ2n) is 12.1. The molecular formula is C33H47NO13. The van der Waals surface area contributed by atoms with E-state index >= 15 is 0 Å². The molecule has 47 heavy (non-hydrogen) atoms. The Morgan fingerprint density at radius 2 is 1.55 bits per heavy atom. The van der Waals surface area contributed by atoms with Gasteiger partial charge in [-0.1, -0.05) is 48.6 Å². The number of aliphatic carboxylic acids is 1. The minimum Gasteiger partial charge on any atom is -0.481 e. The number of carbonyl (C=O) groups excluding carboxylic acids is 2. The zero-order chi connectivity index (χ0) is 34.7. The first-order valence-electron chi connectivity index (χ1n) is 15.7. The quantitative estimate of drug-likeness (QED) is 0.155. The topological polar surface area (TPSA) is 239 Å². The highest BCUT2D eigenvalue weighted by Crippen LogP contribution is 2.29. The number of carboxylic acid groups (broad SMARTS) is 1. The molecule has 8 N–H and O–H groups in total.